The smallest absolute Gasteiger partial charge is 0.263 e. The number of hydrogen-bond donors (Lipinski definition) is 3. The summed E-state index contributed by atoms with van der Waals surface area (Å²) in [5, 5.41) is 10.9. The van der Waals surface area contributed by atoms with E-state index in [2.05, 4.69) is 16.0 Å². The third-order valence-electron chi connectivity index (χ3n) is 2.80. The number of carbonyl (C=O) groups is 1. The molecule has 0 spiro atoms. The Bertz CT molecular complexity index is 764. The summed E-state index contributed by atoms with van der Waals surface area (Å²) in [7, 11) is 0. The highest BCUT2D eigenvalue weighted by atomic mass is 35.6. The van der Waals surface area contributed by atoms with Gasteiger partial charge in [-0.2, -0.15) is 0 Å². The first-order chi connectivity index (χ1) is 11.7. The van der Waals surface area contributed by atoms with Gasteiger partial charge in [-0.15, -0.1) is 11.3 Å². The van der Waals surface area contributed by atoms with E-state index >= 15 is 0 Å². The Morgan fingerprint density at radius 3 is 2.44 bits per heavy atom. The molecule has 4 nitrogen and oxygen atoms in total. The maximum atomic E-state index is 12.2. The number of alkyl halides is 3. The zero-order valence-corrected chi connectivity index (χ0v) is 17.6. The van der Waals surface area contributed by atoms with E-state index in [0.29, 0.717) is 20.6 Å². The van der Waals surface area contributed by atoms with Crippen LogP contribution in [0.4, 0.5) is 5.69 Å². The molecule has 1 atom stereocenters. The van der Waals surface area contributed by atoms with Crippen LogP contribution >= 0.6 is 81.6 Å². The van der Waals surface area contributed by atoms with E-state index in [-0.39, 0.29) is 5.11 Å². The molecule has 11 heteroatoms. The van der Waals surface area contributed by atoms with Gasteiger partial charge >= 0.3 is 0 Å². The molecule has 0 saturated carbocycles. The van der Waals surface area contributed by atoms with Crippen LogP contribution < -0.4 is 16.0 Å². The minimum atomic E-state index is -1.84. The molecular formula is C14H10Cl5N3OS2. The molecule has 2 rings (SSSR count). The fourth-order valence-corrected chi connectivity index (χ4v) is 3.33. The second-order valence-corrected chi connectivity index (χ2v) is 9.22. The molecule has 0 saturated heterocycles. The summed E-state index contributed by atoms with van der Waals surface area (Å²) in [6, 6.07) is 8.24. The number of benzene rings is 1. The van der Waals surface area contributed by atoms with Gasteiger partial charge in [0.25, 0.3) is 5.91 Å². The first-order valence-corrected chi connectivity index (χ1v) is 9.78. The Labute approximate surface area is 178 Å². The first-order valence-electron chi connectivity index (χ1n) is 6.60. The van der Waals surface area contributed by atoms with Crippen LogP contribution in [-0.2, 0) is 0 Å². The molecule has 0 radical (unpaired) electrons. The van der Waals surface area contributed by atoms with Crippen LogP contribution in [0.1, 0.15) is 9.67 Å². The molecule has 0 fully saturated rings. The van der Waals surface area contributed by atoms with Crippen molar-refractivity contribution in [1.29, 1.82) is 0 Å². The summed E-state index contributed by atoms with van der Waals surface area (Å²) in [4.78, 5) is 12.7. The fraction of sp³-hybridized carbons (Fsp3) is 0.143. The Kier molecular flexibility index (Phi) is 7.46. The average molecular weight is 478 g/mol. The molecule has 134 valence electrons. The molecule has 1 aromatic carbocycles. The zero-order chi connectivity index (χ0) is 18.6. The van der Waals surface area contributed by atoms with Gasteiger partial charge in [0, 0.05) is 5.02 Å². The molecule has 0 bridgehead atoms. The number of hydrogen-bond acceptors (Lipinski definition) is 3. The van der Waals surface area contributed by atoms with Gasteiger partial charge in [-0.05, 0) is 41.9 Å². The highest BCUT2D eigenvalue weighted by Gasteiger charge is 2.35. The number of carbonyl (C=O) groups excluding carboxylic acids is 1. The number of thiocarbonyl (C=S) groups is 1. The van der Waals surface area contributed by atoms with Crippen LogP contribution in [0, 0.1) is 0 Å². The Morgan fingerprint density at radius 1 is 1.16 bits per heavy atom. The Hall–Kier alpha value is -0.470. The molecule has 0 aliphatic heterocycles. The summed E-state index contributed by atoms with van der Waals surface area (Å²) in [5.41, 5.74) is 0.510. The van der Waals surface area contributed by atoms with Crippen molar-refractivity contribution in [2.24, 2.45) is 0 Å². The number of rotatable bonds is 4. The van der Waals surface area contributed by atoms with Gasteiger partial charge in [-0.25, -0.2) is 0 Å². The van der Waals surface area contributed by atoms with Gasteiger partial charge in [0.2, 0.25) is 3.79 Å². The number of nitrogens with one attached hydrogen (secondary N) is 3. The lowest BCUT2D eigenvalue weighted by molar-refractivity contribution is 0.0938. The topological polar surface area (TPSA) is 53.2 Å². The van der Waals surface area contributed by atoms with Gasteiger partial charge in [0.15, 0.2) is 5.11 Å². The maximum absolute atomic E-state index is 12.2. The average Bonchev–Trinajstić information content (AvgIpc) is 3.03. The molecule has 3 N–H and O–H groups in total. The molecule has 0 aliphatic rings. The standard InChI is InChI=1S/C14H10Cl5N3OS2/c15-7-3-4-9(8(16)6-7)20-13(24)22-12(14(17,18)19)21-11(23)10-2-1-5-25-10/h1-6,12H,(H,21,23)(H2,20,22,24). The molecule has 0 aliphatic carbocycles. The predicted octanol–water partition coefficient (Wildman–Crippen LogP) is 5.47. The Balaban J connectivity index is 2.06. The van der Waals surface area contributed by atoms with Crippen LogP contribution in [0.15, 0.2) is 35.7 Å². The molecule has 1 amide bonds. The lowest BCUT2D eigenvalue weighted by Crippen LogP contribution is -2.56. The van der Waals surface area contributed by atoms with E-state index in [9.17, 15) is 4.79 Å². The molecule has 1 aromatic heterocycles. The van der Waals surface area contributed by atoms with Crippen molar-refractivity contribution in [3.8, 4) is 0 Å². The SMILES string of the molecule is O=C(NC(NC(=S)Nc1ccc(Cl)cc1Cl)C(Cl)(Cl)Cl)c1cccs1. The van der Waals surface area contributed by atoms with Crippen molar-refractivity contribution in [2.75, 3.05) is 5.32 Å². The van der Waals surface area contributed by atoms with E-state index in [1.807, 2.05) is 0 Å². The maximum Gasteiger partial charge on any atom is 0.263 e. The highest BCUT2D eigenvalue weighted by Crippen LogP contribution is 2.30. The lowest BCUT2D eigenvalue weighted by Gasteiger charge is -2.27. The van der Waals surface area contributed by atoms with Gasteiger partial charge in [-0.3, -0.25) is 4.79 Å². The van der Waals surface area contributed by atoms with Crippen molar-refractivity contribution < 1.29 is 4.79 Å². The van der Waals surface area contributed by atoms with Gasteiger partial charge in [0.05, 0.1) is 15.6 Å². The molecule has 1 heterocycles. The summed E-state index contributed by atoms with van der Waals surface area (Å²) in [6.07, 6.45) is -1.07. The van der Waals surface area contributed by atoms with Crippen LogP contribution in [0.3, 0.4) is 0 Å². The predicted molar refractivity (Wildman–Crippen MR) is 112 cm³/mol. The third-order valence-corrected chi connectivity index (χ3v) is 5.09. The number of halogens is 5. The van der Waals surface area contributed by atoms with Crippen molar-refractivity contribution in [1.82, 2.24) is 10.6 Å². The van der Waals surface area contributed by atoms with Crippen molar-refractivity contribution >= 4 is 98.3 Å². The Morgan fingerprint density at radius 2 is 1.88 bits per heavy atom. The van der Waals surface area contributed by atoms with Gasteiger partial charge < -0.3 is 16.0 Å². The van der Waals surface area contributed by atoms with Crippen LogP contribution in [-0.4, -0.2) is 21.0 Å². The normalized spacial score (nSPS) is 12.4. The quantitative estimate of drug-likeness (QED) is 0.311. The third kappa shape index (κ3) is 6.32. The second-order valence-electron chi connectivity index (χ2n) is 4.65. The fourth-order valence-electron chi connectivity index (χ4n) is 1.69. The highest BCUT2D eigenvalue weighted by molar-refractivity contribution is 7.80. The van der Waals surface area contributed by atoms with Crippen LogP contribution in [0.25, 0.3) is 0 Å². The van der Waals surface area contributed by atoms with Crippen molar-refractivity contribution in [2.45, 2.75) is 9.96 Å². The largest absolute Gasteiger partial charge is 0.339 e. The minimum absolute atomic E-state index is 0.104. The van der Waals surface area contributed by atoms with Crippen LogP contribution in [0.2, 0.25) is 10.0 Å². The van der Waals surface area contributed by atoms with E-state index in [4.69, 9.17) is 70.2 Å². The van der Waals surface area contributed by atoms with Gasteiger partial charge in [-0.1, -0.05) is 64.1 Å². The molecule has 1 unspecified atom stereocenters. The monoisotopic (exact) mass is 475 g/mol. The van der Waals surface area contributed by atoms with Crippen molar-refractivity contribution in [3.63, 3.8) is 0 Å². The number of anilines is 1. The molecule has 2 aromatic rings. The summed E-state index contributed by atoms with van der Waals surface area (Å²) >= 11 is 36.2. The van der Waals surface area contributed by atoms with Crippen LogP contribution in [0.5, 0.6) is 0 Å². The molecular weight excluding hydrogens is 468 g/mol. The van der Waals surface area contributed by atoms with E-state index in [1.54, 1.807) is 35.7 Å². The number of amides is 1. The molecule has 25 heavy (non-hydrogen) atoms. The summed E-state index contributed by atoms with van der Waals surface area (Å²) < 4.78 is -1.84. The van der Waals surface area contributed by atoms with Crippen molar-refractivity contribution in [3.05, 3.63) is 50.6 Å². The summed E-state index contributed by atoms with van der Waals surface area (Å²) in [6.45, 7) is 0. The van der Waals surface area contributed by atoms with E-state index in [1.165, 1.54) is 11.3 Å². The lowest BCUT2D eigenvalue weighted by atomic mass is 10.3. The zero-order valence-electron chi connectivity index (χ0n) is 12.2. The first kappa shape index (κ1) is 20.8. The minimum Gasteiger partial charge on any atom is -0.339 e. The summed E-state index contributed by atoms with van der Waals surface area (Å²) in [5.74, 6) is -0.397. The second kappa shape index (κ2) is 8.95. The van der Waals surface area contributed by atoms with E-state index < -0.39 is 15.9 Å². The van der Waals surface area contributed by atoms with Gasteiger partial charge in [0.1, 0.15) is 6.17 Å². The van der Waals surface area contributed by atoms with E-state index in [0.717, 1.165) is 0 Å². The number of thiophene rings is 1.